The molecule has 0 aliphatic rings. The first-order valence-corrected chi connectivity index (χ1v) is 5.04. The standard InChI is InChI=1S/C12H15NO2/c1-3-7-12(14)15-13-10(2)11-8-5-4-6-9-11/h4-6,8-9H,3,7H2,1-2H3. The Kier molecular flexibility index (Phi) is 4.54. The number of hydrogen-bond donors (Lipinski definition) is 0. The number of benzene rings is 1. The number of hydrogen-bond acceptors (Lipinski definition) is 3. The largest absolute Gasteiger partial charge is 0.335 e. The van der Waals surface area contributed by atoms with E-state index in [-0.39, 0.29) is 5.97 Å². The quantitative estimate of drug-likeness (QED) is 0.430. The van der Waals surface area contributed by atoms with Crippen LogP contribution in [0.3, 0.4) is 0 Å². The zero-order valence-corrected chi connectivity index (χ0v) is 9.06. The van der Waals surface area contributed by atoms with Crippen molar-refractivity contribution >= 4 is 11.7 Å². The van der Waals surface area contributed by atoms with Crippen LogP contribution in [0, 0.1) is 0 Å². The first-order chi connectivity index (χ1) is 7.24. The van der Waals surface area contributed by atoms with Crippen LogP contribution < -0.4 is 0 Å². The van der Waals surface area contributed by atoms with E-state index in [0.717, 1.165) is 12.0 Å². The molecule has 1 rings (SSSR count). The summed E-state index contributed by atoms with van der Waals surface area (Å²) in [7, 11) is 0. The van der Waals surface area contributed by atoms with Crippen LogP contribution in [-0.2, 0) is 9.63 Å². The second-order valence-electron chi connectivity index (χ2n) is 3.26. The Hall–Kier alpha value is -1.64. The molecule has 0 radical (unpaired) electrons. The van der Waals surface area contributed by atoms with Crippen molar-refractivity contribution in [2.45, 2.75) is 26.7 Å². The maximum Gasteiger partial charge on any atom is 0.335 e. The first-order valence-electron chi connectivity index (χ1n) is 5.04. The summed E-state index contributed by atoms with van der Waals surface area (Å²) in [5.74, 6) is -0.284. The number of rotatable bonds is 4. The van der Waals surface area contributed by atoms with E-state index < -0.39 is 0 Å². The van der Waals surface area contributed by atoms with Gasteiger partial charge in [0.15, 0.2) is 0 Å². The van der Waals surface area contributed by atoms with Crippen molar-refractivity contribution in [3.05, 3.63) is 35.9 Å². The first kappa shape index (κ1) is 11.4. The van der Waals surface area contributed by atoms with Gasteiger partial charge in [-0.1, -0.05) is 42.4 Å². The molecule has 0 amide bonds. The van der Waals surface area contributed by atoms with Crippen LogP contribution in [0.1, 0.15) is 32.3 Å². The van der Waals surface area contributed by atoms with E-state index in [4.69, 9.17) is 4.84 Å². The average Bonchev–Trinajstić information content (AvgIpc) is 2.27. The molecule has 0 N–H and O–H groups in total. The molecule has 0 saturated carbocycles. The van der Waals surface area contributed by atoms with Gasteiger partial charge in [0.25, 0.3) is 0 Å². The molecule has 0 fully saturated rings. The molecule has 0 heterocycles. The van der Waals surface area contributed by atoms with Crippen molar-refractivity contribution < 1.29 is 9.63 Å². The summed E-state index contributed by atoms with van der Waals surface area (Å²) in [5.41, 5.74) is 1.67. The zero-order valence-electron chi connectivity index (χ0n) is 9.06. The Morgan fingerprint density at radius 3 is 2.60 bits per heavy atom. The summed E-state index contributed by atoms with van der Waals surface area (Å²) < 4.78 is 0. The molecule has 3 heteroatoms. The second-order valence-corrected chi connectivity index (χ2v) is 3.26. The summed E-state index contributed by atoms with van der Waals surface area (Å²) in [5, 5.41) is 3.78. The molecule has 0 aromatic heterocycles. The molecule has 0 atom stereocenters. The van der Waals surface area contributed by atoms with Crippen molar-refractivity contribution in [1.82, 2.24) is 0 Å². The van der Waals surface area contributed by atoms with E-state index in [1.165, 1.54) is 0 Å². The fourth-order valence-electron chi connectivity index (χ4n) is 1.10. The van der Waals surface area contributed by atoms with Crippen LogP contribution in [-0.4, -0.2) is 11.7 Å². The summed E-state index contributed by atoms with van der Waals surface area (Å²) >= 11 is 0. The van der Waals surface area contributed by atoms with Gasteiger partial charge >= 0.3 is 5.97 Å². The zero-order chi connectivity index (χ0) is 11.1. The van der Waals surface area contributed by atoms with Gasteiger partial charge in [-0.15, -0.1) is 0 Å². The minimum atomic E-state index is -0.284. The monoisotopic (exact) mass is 205 g/mol. The molecule has 0 unspecified atom stereocenters. The Labute approximate surface area is 89.7 Å². The number of carbonyl (C=O) groups is 1. The van der Waals surface area contributed by atoms with Gasteiger partial charge in [0.2, 0.25) is 0 Å². The van der Waals surface area contributed by atoms with Crippen molar-refractivity contribution in [1.29, 1.82) is 0 Å². The predicted octanol–water partition coefficient (Wildman–Crippen LogP) is 2.75. The molecule has 3 nitrogen and oxygen atoms in total. The smallest absolute Gasteiger partial charge is 0.318 e. The van der Waals surface area contributed by atoms with E-state index in [9.17, 15) is 4.79 Å². The van der Waals surface area contributed by atoms with Gasteiger partial charge in [0.1, 0.15) is 0 Å². The second kappa shape index (κ2) is 5.96. The van der Waals surface area contributed by atoms with E-state index in [2.05, 4.69) is 5.16 Å². The van der Waals surface area contributed by atoms with Crippen LogP contribution in [0.2, 0.25) is 0 Å². The van der Waals surface area contributed by atoms with Gasteiger partial charge in [-0.05, 0) is 18.9 Å². The van der Waals surface area contributed by atoms with Crippen LogP contribution >= 0.6 is 0 Å². The maximum absolute atomic E-state index is 11.0. The Bertz CT molecular complexity index is 344. The number of carbonyl (C=O) groups excluding carboxylic acids is 1. The molecule has 0 aliphatic heterocycles. The highest BCUT2D eigenvalue weighted by Crippen LogP contribution is 2.01. The summed E-state index contributed by atoms with van der Waals surface area (Å²) in [6, 6.07) is 9.61. The van der Waals surface area contributed by atoms with Crippen molar-refractivity contribution in [2.24, 2.45) is 5.16 Å². The highest BCUT2D eigenvalue weighted by atomic mass is 16.7. The average molecular weight is 205 g/mol. The molecule has 0 bridgehead atoms. The van der Waals surface area contributed by atoms with Gasteiger partial charge in [0.05, 0.1) is 5.71 Å². The van der Waals surface area contributed by atoms with E-state index >= 15 is 0 Å². The third kappa shape index (κ3) is 3.94. The Morgan fingerprint density at radius 2 is 2.00 bits per heavy atom. The molecular weight excluding hydrogens is 190 g/mol. The Morgan fingerprint density at radius 1 is 1.33 bits per heavy atom. The molecule has 1 aromatic carbocycles. The minimum absolute atomic E-state index is 0.284. The topological polar surface area (TPSA) is 38.7 Å². The minimum Gasteiger partial charge on any atom is -0.318 e. The summed E-state index contributed by atoms with van der Waals surface area (Å²) in [4.78, 5) is 15.8. The normalized spacial score (nSPS) is 11.2. The van der Waals surface area contributed by atoms with Crippen LogP contribution in [0.5, 0.6) is 0 Å². The lowest BCUT2D eigenvalue weighted by molar-refractivity contribution is -0.143. The fraction of sp³-hybridized carbons (Fsp3) is 0.333. The van der Waals surface area contributed by atoms with E-state index in [1.807, 2.05) is 44.2 Å². The lowest BCUT2D eigenvalue weighted by atomic mass is 10.1. The van der Waals surface area contributed by atoms with Crippen LogP contribution in [0.4, 0.5) is 0 Å². The number of nitrogens with zero attached hydrogens (tertiary/aromatic N) is 1. The number of oxime groups is 1. The van der Waals surface area contributed by atoms with Crippen LogP contribution in [0.25, 0.3) is 0 Å². The molecule has 0 spiro atoms. The Balaban J connectivity index is 2.57. The molecule has 0 aliphatic carbocycles. The predicted molar refractivity (Wildman–Crippen MR) is 59.7 cm³/mol. The van der Waals surface area contributed by atoms with E-state index in [1.54, 1.807) is 0 Å². The molecule has 1 aromatic rings. The molecule has 0 saturated heterocycles. The van der Waals surface area contributed by atoms with Crippen molar-refractivity contribution in [3.63, 3.8) is 0 Å². The van der Waals surface area contributed by atoms with Crippen molar-refractivity contribution in [2.75, 3.05) is 0 Å². The van der Waals surface area contributed by atoms with Gasteiger partial charge in [0, 0.05) is 6.42 Å². The van der Waals surface area contributed by atoms with Crippen molar-refractivity contribution in [3.8, 4) is 0 Å². The molecule has 80 valence electrons. The summed E-state index contributed by atoms with van der Waals surface area (Å²) in [6.07, 6.45) is 1.18. The van der Waals surface area contributed by atoms with Gasteiger partial charge in [-0.25, -0.2) is 4.79 Å². The third-order valence-electron chi connectivity index (χ3n) is 1.93. The highest BCUT2D eigenvalue weighted by molar-refractivity contribution is 5.98. The highest BCUT2D eigenvalue weighted by Gasteiger charge is 2.01. The maximum atomic E-state index is 11.0. The molecular formula is C12H15NO2. The van der Waals surface area contributed by atoms with Crippen LogP contribution in [0.15, 0.2) is 35.5 Å². The van der Waals surface area contributed by atoms with Gasteiger partial charge in [-0.2, -0.15) is 0 Å². The van der Waals surface area contributed by atoms with Gasteiger partial charge < -0.3 is 4.84 Å². The summed E-state index contributed by atoms with van der Waals surface area (Å²) in [6.45, 7) is 3.74. The SMILES string of the molecule is CCCC(=O)ON=C(C)c1ccccc1. The van der Waals surface area contributed by atoms with E-state index in [0.29, 0.717) is 12.1 Å². The lowest BCUT2D eigenvalue weighted by Gasteiger charge is -1.99. The fourth-order valence-corrected chi connectivity index (χ4v) is 1.10. The van der Waals surface area contributed by atoms with Gasteiger partial charge in [-0.3, -0.25) is 0 Å². The molecule has 15 heavy (non-hydrogen) atoms. The third-order valence-corrected chi connectivity index (χ3v) is 1.93. The lowest BCUT2D eigenvalue weighted by Crippen LogP contribution is -2.02.